The molecule has 3 aromatic rings. The summed E-state index contributed by atoms with van der Waals surface area (Å²) in [4.78, 5) is 9.18. The Balaban J connectivity index is 1.60. The largest absolute Gasteiger partial charge is 0.383 e. The van der Waals surface area contributed by atoms with Crippen LogP contribution in [0.1, 0.15) is 30.6 Å². The Kier molecular flexibility index (Phi) is 7.56. The van der Waals surface area contributed by atoms with Crippen molar-refractivity contribution >= 4 is 35.2 Å². The van der Waals surface area contributed by atoms with E-state index >= 15 is 0 Å². The number of benzene rings is 2. The van der Waals surface area contributed by atoms with E-state index in [1.807, 2.05) is 11.5 Å². The van der Waals surface area contributed by atoms with Crippen LogP contribution in [0.4, 0.5) is 10.2 Å². The molecular weight excluding hydrogens is 474 g/mol. The molecule has 1 aromatic heterocycles. The normalized spacial score (nSPS) is 16.8. The minimum Gasteiger partial charge on any atom is -0.383 e. The van der Waals surface area contributed by atoms with E-state index in [9.17, 15) is 4.39 Å². The zero-order chi connectivity index (χ0) is 24.2. The van der Waals surface area contributed by atoms with Crippen LogP contribution in [0.5, 0.6) is 0 Å². The van der Waals surface area contributed by atoms with Crippen LogP contribution >= 0.6 is 23.2 Å². The zero-order valence-electron chi connectivity index (χ0n) is 18.9. The zero-order valence-corrected chi connectivity index (χ0v) is 20.4. The summed E-state index contributed by atoms with van der Waals surface area (Å²) in [7, 11) is 0. The summed E-state index contributed by atoms with van der Waals surface area (Å²) in [5.74, 6) is 1.68. The highest BCUT2D eigenvalue weighted by Crippen LogP contribution is 2.36. The van der Waals surface area contributed by atoms with Gasteiger partial charge in [0.05, 0.1) is 21.8 Å². The van der Waals surface area contributed by atoms with Gasteiger partial charge in [0, 0.05) is 12.6 Å². The first-order chi connectivity index (χ1) is 16.3. The lowest BCUT2D eigenvalue weighted by Crippen LogP contribution is -2.17. The summed E-state index contributed by atoms with van der Waals surface area (Å²) in [5, 5.41) is 7.59. The Hall–Kier alpha value is -2.87. The lowest BCUT2D eigenvalue weighted by Gasteiger charge is -2.15. The van der Waals surface area contributed by atoms with Crippen molar-refractivity contribution in [2.24, 2.45) is 10.9 Å². The number of rotatable bonds is 8. The van der Waals surface area contributed by atoms with Crippen LogP contribution in [0.2, 0.25) is 10.0 Å². The van der Waals surface area contributed by atoms with Gasteiger partial charge >= 0.3 is 0 Å². The Morgan fingerprint density at radius 3 is 2.68 bits per heavy atom. The quantitative estimate of drug-likeness (QED) is 0.360. The van der Waals surface area contributed by atoms with Gasteiger partial charge in [0.1, 0.15) is 29.0 Å². The second kappa shape index (κ2) is 10.6. The monoisotopic (exact) mass is 500 g/mol. The summed E-state index contributed by atoms with van der Waals surface area (Å²) >= 11 is 13.0. The molecule has 1 aliphatic rings. The highest BCUT2D eigenvalue weighted by molar-refractivity contribution is 6.39. The highest BCUT2D eigenvalue weighted by Gasteiger charge is 2.23. The topological polar surface area (TPSA) is 80.3 Å². The van der Waals surface area contributed by atoms with Gasteiger partial charge in [-0.1, -0.05) is 48.0 Å². The molecular formula is C25H27Cl2FN6. The Morgan fingerprint density at radius 1 is 1.32 bits per heavy atom. The number of nitrogens with one attached hydrogen (secondary N) is 2. The molecule has 1 aliphatic heterocycles. The molecule has 1 saturated heterocycles. The smallest absolute Gasteiger partial charge is 0.145 e. The lowest BCUT2D eigenvalue weighted by molar-refractivity contribution is 0.488. The summed E-state index contributed by atoms with van der Waals surface area (Å²) in [6, 6.07) is 11.6. The van der Waals surface area contributed by atoms with Gasteiger partial charge in [0.15, 0.2) is 0 Å². The average molecular weight is 501 g/mol. The summed E-state index contributed by atoms with van der Waals surface area (Å²) in [5.41, 5.74) is 8.60. The molecule has 0 aliphatic carbocycles. The molecule has 6 nitrogen and oxygen atoms in total. The number of hydrogen-bond donors (Lipinski definition) is 3. The van der Waals surface area contributed by atoms with E-state index in [0.29, 0.717) is 51.2 Å². The maximum absolute atomic E-state index is 13.2. The van der Waals surface area contributed by atoms with Gasteiger partial charge < -0.3 is 20.9 Å². The van der Waals surface area contributed by atoms with Crippen LogP contribution in [0, 0.1) is 11.7 Å². The molecule has 178 valence electrons. The second-order valence-corrected chi connectivity index (χ2v) is 9.21. The van der Waals surface area contributed by atoms with Crippen molar-refractivity contribution in [2.45, 2.75) is 25.9 Å². The molecule has 34 heavy (non-hydrogen) atoms. The molecule has 0 bridgehead atoms. The van der Waals surface area contributed by atoms with Crippen molar-refractivity contribution < 1.29 is 4.39 Å². The summed E-state index contributed by atoms with van der Waals surface area (Å²) < 4.78 is 15.2. The van der Waals surface area contributed by atoms with E-state index in [4.69, 9.17) is 33.9 Å². The van der Waals surface area contributed by atoms with Crippen LogP contribution in [-0.2, 0) is 6.54 Å². The summed E-state index contributed by atoms with van der Waals surface area (Å²) in [6.07, 6.45) is 2.64. The molecule has 2 atom stereocenters. The molecule has 0 saturated carbocycles. The van der Waals surface area contributed by atoms with Gasteiger partial charge in [-0.3, -0.25) is 0 Å². The molecule has 2 heterocycles. The van der Waals surface area contributed by atoms with Crippen LogP contribution < -0.4 is 16.4 Å². The van der Waals surface area contributed by atoms with E-state index in [2.05, 4.69) is 22.2 Å². The number of halogens is 3. The number of imidazole rings is 1. The fourth-order valence-corrected chi connectivity index (χ4v) is 4.62. The van der Waals surface area contributed by atoms with E-state index < -0.39 is 0 Å². The third-order valence-corrected chi connectivity index (χ3v) is 6.55. The van der Waals surface area contributed by atoms with Gasteiger partial charge in [-0.05, 0) is 62.2 Å². The minimum atomic E-state index is -0.276. The van der Waals surface area contributed by atoms with Crippen molar-refractivity contribution in [1.82, 2.24) is 20.2 Å². The number of nitrogens with two attached hydrogens (primary N) is 1. The Labute approximate surface area is 208 Å². The molecule has 2 unspecified atom stereocenters. The van der Waals surface area contributed by atoms with Crippen LogP contribution in [0.25, 0.3) is 11.4 Å². The molecule has 2 aromatic carbocycles. The fourth-order valence-electron chi connectivity index (χ4n) is 4.06. The van der Waals surface area contributed by atoms with Crippen LogP contribution in [-0.4, -0.2) is 28.9 Å². The predicted octanol–water partition coefficient (Wildman–Crippen LogP) is 5.43. The van der Waals surface area contributed by atoms with E-state index in [-0.39, 0.29) is 11.9 Å². The maximum Gasteiger partial charge on any atom is 0.145 e. The number of hydrogen-bond acceptors (Lipinski definition) is 5. The average Bonchev–Trinajstić information content (AvgIpc) is 3.42. The first-order valence-corrected chi connectivity index (χ1v) is 11.8. The molecule has 4 rings (SSSR count). The third-order valence-electron chi connectivity index (χ3n) is 5.92. The summed E-state index contributed by atoms with van der Waals surface area (Å²) in [6.45, 7) is 8.51. The number of anilines is 1. The Morgan fingerprint density at radius 2 is 2.03 bits per heavy atom. The molecule has 4 N–H and O–H groups in total. The van der Waals surface area contributed by atoms with Gasteiger partial charge in [0.25, 0.3) is 0 Å². The molecule has 0 amide bonds. The van der Waals surface area contributed by atoms with Gasteiger partial charge in [0.2, 0.25) is 0 Å². The maximum atomic E-state index is 13.2. The van der Waals surface area contributed by atoms with E-state index in [1.165, 1.54) is 12.1 Å². The van der Waals surface area contributed by atoms with Gasteiger partial charge in [-0.25, -0.2) is 14.4 Å². The fraction of sp³-hybridized carbons (Fsp3) is 0.280. The Bertz CT molecular complexity index is 1180. The van der Waals surface area contributed by atoms with E-state index in [1.54, 1.807) is 36.5 Å². The molecule has 1 fully saturated rings. The first-order valence-electron chi connectivity index (χ1n) is 11.1. The predicted molar refractivity (Wildman–Crippen MR) is 138 cm³/mol. The minimum absolute atomic E-state index is 0.104. The standard InChI is InChI=1S/C25H27Cl2FN6/c1-15(18-6-8-19(28)9-7-18)32-16(2)31-13-22-24(29)34(14-17-10-11-30-12-17)25(33-22)23-20(26)4-3-5-21(23)27/h3-9,13,15,17,30,32H,2,10-12,14,29H2,1H3/b31-13-. The molecule has 9 heteroatoms. The van der Waals surface area contributed by atoms with E-state index in [0.717, 1.165) is 25.1 Å². The number of aromatic nitrogens is 2. The first kappa shape index (κ1) is 24.3. The number of nitrogens with zero attached hydrogens (tertiary/aromatic N) is 3. The van der Waals surface area contributed by atoms with Crippen molar-refractivity contribution in [2.75, 3.05) is 18.8 Å². The highest BCUT2D eigenvalue weighted by atomic mass is 35.5. The van der Waals surface area contributed by atoms with Crippen LogP contribution in [0.3, 0.4) is 0 Å². The third kappa shape index (κ3) is 5.43. The molecule has 0 radical (unpaired) electrons. The molecule has 0 spiro atoms. The number of nitrogen functional groups attached to an aromatic ring is 1. The second-order valence-electron chi connectivity index (χ2n) is 8.39. The van der Waals surface area contributed by atoms with Crippen molar-refractivity contribution in [3.63, 3.8) is 0 Å². The van der Waals surface area contributed by atoms with Crippen molar-refractivity contribution in [3.8, 4) is 11.4 Å². The SMILES string of the molecule is C=C(/N=C\c1nc(-c2c(Cl)cccc2Cl)n(CC2CCNC2)c1N)NC(C)c1ccc(F)cc1. The lowest BCUT2D eigenvalue weighted by atomic mass is 10.1. The van der Waals surface area contributed by atoms with Gasteiger partial charge in [-0.15, -0.1) is 0 Å². The van der Waals surface area contributed by atoms with Crippen molar-refractivity contribution in [3.05, 3.63) is 82.0 Å². The van der Waals surface area contributed by atoms with Gasteiger partial charge in [-0.2, -0.15) is 0 Å². The van der Waals surface area contributed by atoms with Crippen molar-refractivity contribution in [1.29, 1.82) is 0 Å². The number of aliphatic imine (C=N–C) groups is 1. The van der Waals surface area contributed by atoms with Crippen LogP contribution in [0.15, 0.2) is 59.9 Å².